The number of hydrogen-bond acceptors (Lipinski definition) is 4. The Kier molecular flexibility index (Phi) is 12.4. The van der Waals surface area contributed by atoms with Gasteiger partial charge in [-0.2, -0.15) is 0 Å². The minimum absolute atomic E-state index is 0. The van der Waals surface area contributed by atoms with E-state index in [2.05, 4.69) is 45.4 Å². The van der Waals surface area contributed by atoms with Crippen molar-refractivity contribution in [1.29, 1.82) is 0 Å². The van der Waals surface area contributed by atoms with Crippen molar-refractivity contribution in [3.63, 3.8) is 0 Å². The fraction of sp³-hybridized carbons (Fsp3) is 0.429. The zero-order valence-electron chi connectivity index (χ0n) is 17.2. The molecular weight excluding hydrogens is 499 g/mol. The maximum absolute atomic E-state index is 12.1. The molecule has 0 bridgehead atoms. The predicted molar refractivity (Wildman–Crippen MR) is 131 cm³/mol. The molecule has 2 rings (SSSR count). The van der Waals surface area contributed by atoms with Crippen LogP contribution in [0.5, 0.6) is 5.75 Å². The highest BCUT2D eigenvalue weighted by Gasteiger charge is 2.07. The van der Waals surface area contributed by atoms with Gasteiger partial charge in [-0.1, -0.05) is 25.1 Å². The summed E-state index contributed by atoms with van der Waals surface area (Å²) < 4.78 is 5.13. The number of amides is 1. The second kappa shape index (κ2) is 14.2. The first kappa shape index (κ1) is 25.2. The normalized spacial score (nSPS) is 11.9. The summed E-state index contributed by atoms with van der Waals surface area (Å²) in [5.74, 6) is 1.83. The Morgan fingerprint density at radius 1 is 1.17 bits per heavy atom. The van der Waals surface area contributed by atoms with Gasteiger partial charge in [0, 0.05) is 24.5 Å². The first-order chi connectivity index (χ1) is 13.6. The minimum atomic E-state index is -0.111. The number of benzene rings is 1. The number of carbonyl (C=O) groups excluding carboxylic acids is 1. The van der Waals surface area contributed by atoms with Gasteiger partial charge in [-0.15, -0.1) is 35.3 Å². The van der Waals surface area contributed by atoms with Gasteiger partial charge in [0.1, 0.15) is 12.3 Å². The maximum Gasteiger partial charge on any atom is 0.242 e. The summed E-state index contributed by atoms with van der Waals surface area (Å²) in [6.45, 7) is 6.33. The van der Waals surface area contributed by atoms with Crippen molar-refractivity contribution in [3.05, 3.63) is 52.2 Å². The maximum atomic E-state index is 12.1. The second-order valence-electron chi connectivity index (χ2n) is 6.59. The molecule has 1 heterocycles. The van der Waals surface area contributed by atoms with Crippen LogP contribution in [0.4, 0.5) is 0 Å². The zero-order chi connectivity index (χ0) is 20.2. The summed E-state index contributed by atoms with van der Waals surface area (Å²) in [7, 11) is 1.63. The Labute approximate surface area is 194 Å². The average Bonchev–Trinajstić information content (AvgIpc) is 3.21. The molecule has 0 aliphatic rings. The molecule has 0 aliphatic heterocycles. The van der Waals surface area contributed by atoms with Gasteiger partial charge in [0.15, 0.2) is 5.96 Å². The van der Waals surface area contributed by atoms with E-state index in [1.165, 1.54) is 4.88 Å². The molecular formula is C21H31IN4O2S. The van der Waals surface area contributed by atoms with Crippen molar-refractivity contribution in [3.8, 4) is 5.75 Å². The van der Waals surface area contributed by atoms with Crippen molar-refractivity contribution in [2.75, 3.05) is 26.7 Å². The number of nitrogens with one attached hydrogen (secondary N) is 3. The molecule has 0 saturated heterocycles. The van der Waals surface area contributed by atoms with Crippen LogP contribution < -0.4 is 20.7 Å². The summed E-state index contributed by atoms with van der Waals surface area (Å²) in [5, 5.41) is 11.5. The van der Waals surface area contributed by atoms with E-state index >= 15 is 0 Å². The molecule has 0 radical (unpaired) electrons. The number of nitrogens with zero attached hydrogens (tertiary/aromatic N) is 1. The number of halogens is 1. The number of rotatable bonds is 10. The fourth-order valence-electron chi connectivity index (χ4n) is 2.61. The van der Waals surface area contributed by atoms with Gasteiger partial charge in [-0.05, 0) is 48.4 Å². The third-order valence-electron chi connectivity index (χ3n) is 4.12. The molecule has 0 saturated carbocycles. The second-order valence-corrected chi connectivity index (χ2v) is 7.62. The number of ether oxygens (including phenoxy) is 1. The number of hydrogen-bond donors (Lipinski definition) is 3. The smallest absolute Gasteiger partial charge is 0.242 e. The predicted octanol–water partition coefficient (Wildman–Crippen LogP) is 3.42. The monoisotopic (exact) mass is 530 g/mol. The quantitative estimate of drug-likeness (QED) is 0.250. The van der Waals surface area contributed by atoms with Crippen LogP contribution in [-0.4, -0.2) is 38.6 Å². The molecule has 1 aromatic carbocycles. The number of methoxy groups -OCH3 is 1. The van der Waals surface area contributed by atoms with Crippen molar-refractivity contribution in [1.82, 2.24) is 16.0 Å². The van der Waals surface area contributed by atoms with E-state index in [0.717, 1.165) is 30.8 Å². The Morgan fingerprint density at radius 3 is 2.55 bits per heavy atom. The lowest BCUT2D eigenvalue weighted by molar-refractivity contribution is -0.119. The van der Waals surface area contributed by atoms with E-state index in [9.17, 15) is 4.79 Å². The summed E-state index contributed by atoms with van der Waals surface area (Å²) in [6, 6.07) is 11.9. The lowest BCUT2D eigenvalue weighted by Gasteiger charge is -2.15. The van der Waals surface area contributed by atoms with E-state index < -0.39 is 0 Å². The standard InChI is InChI=1S/C21H30N4O2S.HI/c1-4-22-21(24-13-16(2)12-19-6-5-11-28-19)25-15-20(26)23-14-17-7-9-18(27-3)10-8-17;/h5-11,16H,4,12-15H2,1-3H3,(H,23,26)(H2,22,24,25);1H. The molecule has 3 N–H and O–H groups in total. The van der Waals surface area contributed by atoms with Crippen LogP contribution in [-0.2, 0) is 17.8 Å². The van der Waals surface area contributed by atoms with Gasteiger partial charge >= 0.3 is 0 Å². The Balaban J connectivity index is 0.00000420. The topological polar surface area (TPSA) is 74.8 Å². The molecule has 29 heavy (non-hydrogen) atoms. The van der Waals surface area contributed by atoms with Gasteiger partial charge < -0.3 is 20.7 Å². The molecule has 6 nitrogen and oxygen atoms in total. The summed E-state index contributed by atoms with van der Waals surface area (Å²) in [5.41, 5.74) is 1.02. The third kappa shape index (κ3) is 9.98. The lowest BCUT2D eigenvalue weighted by Crippen LogP contribution is -2.40. The SMILES string of the molecule is CCNC(=NCC(=O)NCc1ccc(OC)cc1)NCC(C)Cc1cccs1.I. The Bertz CT molecular complexity index is 736. The summed E-state index contributed by atoms with van der Waals surface area (Å²) in [6.07, 6.45) is 1.03. The van der Waals surface area contributed by atoms with Gasteiger partial charge in [0.25, 0.3) is 0 Å². The highest BCUT2D eigenvalue weighted by atomic mass is 127. The van der Waals surface area contributed by atoms with Crippen LogP contribution in [0, 0.1) is 5.92 Å². The van der Waals surface area contributed by atoms with Crippen molar-refractivity contribution in [2.45, 2.75) is 26.8 Å². The minimum Gasteiger partial charge on any atom is -0.497 e. The zero-order valence-corrected chi connectivity index (χ0v) is 20.4. The summed E-state index contributed by atoms with van der Waals surface area (Å²) >= 11 is 1.78. The van der Waals surface area contributed by atoms with E-state index in [1.807, 2.05) is 31.2 Å². The number of aliphatic imine (C=N–C) groups is 1. The average molecular weight is 530 g/mol. The number of carbonyl (C=O) groups is 1. The molecule has 1 atom stereocenters. The number of guanidine groups is 1. The van der Waals surface area contributed by atoms with Crippen LogP contribution in [0.3, 0.4) is 0 Å². The lowest BCUT2D eigenvalue weighted by atomic mass is 10.1. The van der Waals surface area contributed by atoms with E-state index in [0.29, 0.717) is 18.4 Å². The molecule has 1 unspecified atom stereocenters. The molecule has 1 aromatic heterocycles. The van der Waals surface area contributed by atoms with Gasteiger partial charge in [-0.3, -0.25) is 4.79 Å². The first-order valence-electron chi connectivity index (χ1n) is 9.55. The van der Waals surface area contributed by atoms with Gasteiger partial charge in [0.2, 0.25) is 5.91 Å². The molecule has 1 amide bonds. The summed E-state index contributed by atoms with van der Waals surface area (Å²) in [4.78, 5) is 17.9. The number of thiophene rings is 1. The Morgan fingerprint density at radius 2 is 1.93 bits per heavy atom. The highest BCUT2D eigenvalue weighted by molar-refractivity contribution is 14.0. The van der Waals surface area contributed by atoms with Crippen molar-refractivity contribution in [2.24, 2.45) is 10.9 Å². The van der Waals surface area contributed by atoms with Crippen LogP contribution in [0.25, 0.3) is 0 Å². The molecule has 0 fully saturated rings. The first-order valence-corrected chi connectivity index (χ1v) is 10.4. The van der Waals surface area contributed by atoms with E-state index in [1.54, 1.807) is 18.4 Å². The van der Waals surface area contributed by atoms with E-state index in [-0.39, 0.29) is 36.4 Å². The molecule has 0 aliphatic carbocycles. The van der Waals surface area contributed by atoms with Crippen LogP contribution >= 0.6 is 35.3 Å². The highest BCUT2D eigenvalue weighted by Crippen LogP contribution is 2.13. The van der Waals surface area contributed by atoms with Gasteiger partial charge in [-0.25, -0.2) is 4.99 Å². The molecule has 8 heteroatoms. The fourth-order valence-corrected chi connectivity index (χ4v) is 3.48. The molecule has 0 spiro atoms. The third-order valence-corrected chi connectivity index (χ3v) is 5.02. The van der Waals surface area contributed by atoms with Crippen LogP contribution in [0.2, 0.25) is 0 Å². The van der Waals surface area contributed by atoms with Crippen molar-refractivity contribution >= 4 is 47.2 Å². The van der Waals surface area contributed by atoms with E-state index in [4.69, 9.17) is 4.74 Å². The molecule has 2 aromatic rings. The molecule has 160 valence electrons. The van der Waals surface area contributed by atoms with Crippen molar-refractivity contribution < 1.29 is 9.53 Å². The van der Waals surface area contributed by atoms with Crippen LogP contribution in [0.1, 0.15) is 24.3 Å². The van der Waals surface area contributed by atoms with Gasteiger partial charge in [0.05, 0.1) is 7.11 Å². The largest absolute Gasteiger partial charge is 0.497 e. The van der Waals surface area contributed by atoms with Crippen LogP contribution in [0.15, 0.2) is 46.8 Å². The Hall–Kier alpha value is -1.81.